The molecule has 1 atom stereocenters. The molecule has 2 aliphatic rings. The van der Waals surface area contributed by atoms with Gasteiger partial charge in [-0.15, -0.1) is 0 Å². The average Bonchev–Trinajstić information content (AvgIpc) is 3.48. The first-order valence-corrected chi connectivity index (χ1v) is 10.7. The third-order valence-electron chi connectivity index (χ3n) is 5.69. The molecular weight excluding hydrogens is 412 g/mol. The van der Waals surface area contributed by atoms with Crippen LogP contribution < -0.4 is 9.64 Å². The molecule has 0 spiro atoms. The normalized spacial score (nSPS) is 18.9. The molecule has 2 fully saturated rings. The van der Waals surface area contributed by atoms with Gasteiger partial charge in [-0.2, -0.15) is 20.1 Å². The van der Waals surface area contributed by atoms with Crippen molar-refractivity contribution in [2.24, 2.45) is 0 Å². The van der Waals surface area contributed by atoms with Crippen molar-refractivity contribution in [2.75, 3.05) is 58.4 Å². The van der Waals surface area contributed by atoms with Gasteiger partial charge in [0.15, 0.2) is 5.82 Å². The van der Waals surface area contributed by atoms with Crippen LogP contribution in [0.5, 0.6) is 6.01 Å². The molecule has 168 valence electrons. The molecule has 2 aliphatic heterocycles. The number of H-pyrrole nitrogens is 1. The highest BCUT2D eigenvalue weighted by Crippen LogP contribution is 2.28. The number of ether oxygens (including phenoxy) is 2. The maximum absolute atomic E-state index is 12.3. The Morgan fingerprint density at radius 1 is 1.19 bits per heavy atom. The summed E-state index contributed by atoms with van der Waals surface area (Å²) in [4.78, 5) is 31.7. The van der Waals surface area contributed by atoms with Crippen molar-refractivity contribution in [3.8, 4) is 17.4 Å². The van der Waals surface area contributed by atoms with Gasteiger partial charge < -0.3 is 24.2 Å². The van der Waals surface area contributed by atoms with Gasteiger partial charge in [0.05, 0.1) is 31.5 Å². The Morgan fingerprint density at radius 3 is 2.84 bits per heavy atom. The number of aromatic nitrogens is 5. The Labute approximate surface area is 185 Å². The summed E-state index contributed by atoms with van der Waals surface area (Å²) in [6.07, 6.45) is 2.33. The number of amides is 2. The van der Waals surface area contributed by atoms with E-state index in [9.17, 15) is 4.79 Å². The summed E-state index contributed by atoms with van der Waals surface area (Å²) < 4.78 is 11.6. The smallest absolute Gasteiger partial charge is 0.322 e. The van der Waals surface area contributed by atoms with E-state index in [1.165, 1.54) is 0 Å². The molecule has 11 nitrogen and oxygen atoms in total. The van der Waals surface area contributed by atoms with Crippen LogP contribution in [0.25, 0.3) is 22.3 Å². The van der Waals surface area contributed by atoms with E-state index in [1.807, 2.05) is 18.2 Å². The first kappa shape index (κ1) is 20.4. The molecule has 3 aromatic rings. The van der Waals surface area contributed by atoms with Gasteiger partial charge >= 0.3 is 12.0 Å². The van der Waals surface area contributed by atoms with Crippen LogP contribution in [0, 0.1) is 0 Å². The lowest BCUT2D eigenvalue weighted by Crippen LogP contribution is -2.39. The van der Waals surface area contributed by atoms with Crippen LogP contribution in [0.2, 0.25) is 0 Å². The molecule has 4 heterocycles. The summed E-state index contributed by atoms with van der Waals surface area (Å²) in [6.45, 7) is 3.80. The fraction of sp³-hybridized carbons (Fsp3) is 0.476. The molecule has 1 N–H and O–H groups in total. The number of carbonyl (C=O) groups is 1. The first-order valence-electron chi connectivity index (χ1n) is 10.7. The van der Waals surface area contributed by atoms with Gasteiger partial charge in [0, 0.05) is 51.1 Å². The van der Waals surface area contributed by atoms with Crippen molar-refractivity contribution in [2.45, 2.75) is 12.5 Å². The van der Waals surface area contributed by atoms with E-state index in [-0.39, 0.29) is 18.1 Å². The molecule has 11 heteroatoms. The molecule has 5 rings (SSSR count). The number of nitrogens with zero attached hydrogens (tertiary/aromatic N) is 7. The van der Waals surface area contributed by atoms with E-state index in [0.29, 0.717) is 51.2 Å². The minimum atomic E-state index is -0.170. The van der Waals surface area contributed by atoms with Crippen molar-refractivity contribution in [1.82, 2.24) is 34.9 Å². The van der Waals surface area contributed by atoms with Crippen LogP contribution in [-0.2, 0) is 4.74 Å². The van der Waals surface area contributed by atoms with Crippen molar-refractivity contribution < 1.29 is 14.3 Å². The van der Waals surface area contributed by atoms with E-state index >= 15 is 0 Å². The van der Waals surface area contributed by atoms with Crippen molar-refractivity contribution in [3.63, 3.8) is 0 Å². The quantitative estimate of drug-likeness (QED) is 0.650. The van der Waals surface area contributed by atoms with E-state index in [4.69, 9.17) is 14.5 Å². The van der Waals surface area contributed by atoms with Gasteiger partial charge in [0.2, 0.25) is 5.95 Å². The molecule has 2 amide bonds. The Bertz CT molecular complexity index is 1110. The first-order chi connectivity index (χ1) is 15.6. The number of urea groups is 1. The standard InChI is InChI=1S/C21H26N8O3/c1-27(2)21(30)29-7-6-14(13-29)32-20-24-18(15-4-3-5-17-16(15)12-22-26-17)23-19(25-20)28-8-10-31-11-9-28/h3-5,12,14H,6-11,13H2,1-2H3,(H,22,26). The van der Waals surface area contributed by atoms with Gasteiger partial charge in [-0.1, -0.05) is 12.1 Å². The number of rotatable bonds is 4. The summed E-state index contributed by atoms with van der Waals surface area (Å²) in [5.41, 5.74) is 1.76. The second-order valence-corrected chi connectivity index (χ2v) is 8.13. The van der Waals surface area contributed by atoms with Crippen molar-refractivity contribution >= 4 is 22.9 Å². The number of morpholine rings is 1. The van der Waals surface area contributed by atoms with Crippen molar-refractivity contribution in [1.29, 1.82) is 0 Å². The molecule has 0 bridgehead atoms. The number of hydrogen-bond acceptors (Lipinski definition) is 8. The number of benzene rings is 1. The molecular formula is C21H26N8O3. The lowest BCUT2D eigenvalue weighted by atomic mass is 10.1. The lowest BCUT2D eigenvalue weighted by Gasteiger charge is -2.27. The van der Waals surface area contributed by atoms with Crippen LogP contribution >= 0.6 is 0 Å². The van der Waals surface area contributed by atoms with Crippen LogP contribution in [0.1, 0.15) is 6.42 Å². The monoisotopic (exact) mass is 438 g/mol. The average molecular weight is 438 g/mol. The fourth-order valence-electron chi connectivity index (χ4n) is 4.02. The van der Waals surface area contributed by atoms with Crippen molar-refractivity contribution in [3.05, 3.63) is 24.4 Å². The number of fused-ring (bicyclic) bond motifs is 1. The van der Waals surface area contributed by atoms with Gasteiger partial charge in [-0.25, -0.2) is 4.79 Å². The number of carbonyl (C=O) groups excluding carboxylic acids is 1. The molecule has 0 aliphatic carbocycles. The fourth-order valence-corrected chi connectivity index (χ4v) is 4.02. The number of nitrogens with one attached hydrogen (secondary N) is 1. The largest absolute Gasteiger partial charge is 0.458 e. The molecule has 2 aromatic heterocycles. The predicted molar refractivity (Wildman–Crippen MR) is 118 cm³/mol. The highest BCUT2D eigenvalue weighted by atomic mass is 16.5. The molecule has 32 heavy (non-hydrogen) atoms. The van der Waals surface area contributed by atoms with Crippen LogP contribution in [0.3, 0.4) is 0 Å². The summed E-state index contributed by atoms with van der Waals surface area (Å²) in [5.74, 6) is 1.09. The maximum Gasteiger partial charge on any atom is 0.322 e. The zero-order valence-electron chi connectivity index (χ0n) is 18.2. The van der Waals surface area contributed by atoms with Gasteiger partial charge in [0.25, 0.3) is 0 Å². The topological polar surface area (TPSA) is 113 Å². The summed E-state index contributed by atoms with van der Waals surface area (Å²) >= 11 is 0. The van der Waals surface area contributed by atoms with E-state index in [2.05, 4.69) is 25.1 Å². The minimum Gasteiger partial charge on any atom is -0.458 e. The highest BCUT2D eigenvalue weighted by molar-refractivity contribution is 5.92. The van der Waals surface area contributed by atoms with Crippen LogP contribution in [-0.4, -0.2) is 101 Å². The molecule has 1 unspecified atom stereocenters. The summed E-state index contributed by atoms with van der Waals surface area (Å²) in [7, 11) is 3.50. The SMILES string of the molecule is CN(C)C(=O)N1CCC(Oc2nc(-c3cccc4[nH]ncc34)nc(N3CCOCC3)n2)C1. The maximum atomic E-state index is 12.3. The number of likely N-dealkylation sites (tertiary alicyclic amines) is 1. The van der Waals surface area contributed by atoms with E-state index < -0.39 is 0 Å². The lowest BCUT2D eigenvalue weighted by molar-refractivity contribution is 0.121. The summed E-state index contributed by atoms with van der Waals surface area (Å²) in [6, 6.07) is 6.11. The Balaban J connectivity index is 1.46. The molecule has 0 saturated carbocycles. The Morgan fingerprint density at radius 2 is 2.03 bits per heavy atom. The zero-order chi connectivity index (χ0) is 22.1. The zero-order valence-corrected chi connectivity index (χ0v) is 18.2. The third-order valence-corrected chi connectivity index (χ3v) is 5.69. The van der Waals surface area contributed by atoms with Gasteiger partial charge in [0.1, 0.15) is 6.10 Å². The third kappa shape index (κ3) is 4.03. The number of hydrogen-bond donors (Lipinski definition) is 1. The Kier molecular flexibility index (Phi) is 5.48. The minimum absolute atomic E-state index is 0.0203. The van der Waals surface area contributed by atoms with E-state index in [0.717, 1.165) is 22.9 Å². The van der Waals surface area contributed by atoms with Gasteiger partial charge in [-0.3, -0.25) is 5.10 Å². The molecule has 1 aromatic carbocycles. The second kappa shape index (κ2) is 8.58. The number of aromatic amines is 1. The van der Waals surface area contributed by atoms with Gasteiger partial charge in [-0.05, 0) is 6.07 Å². The second-order valence-electron chi connectivity index (χ2n) is 8.13. The van der Waals surface area contributed by atoms with Crippen LogP contribution in [0.15, 0.2) is 24.4 Å². The van der Waals surface area contributed by atoms with Crippen LogP contribution in [0.4, 0.5) is 10.7 Å². The van der Waals surface area contributed by atoms with E-state index in [1.54, 1.807) is 30.1 Å². The highest BCUT2D eigenvalue weighted by Gasteiger charge is 2.30. The summed E-state index contributed by atoms with van der Waals surface area (Å²) in [5, 5.41) is 8.06. The number of anilines is 1. The molecule has 0 radical (unpaired) electrons. The molecule has 2 saturated heterocycles. The predicted octanol–water partition coefficient (Wildman–Crippen LogP) is 1.39. The Hall–Kier alpha value is -3.47.